The summed E-state index contributed by atoms with van der Waals surface area (Å²) < 4.78 is 43.4. The van der Waals surface area contributed by atoms with Crippen LogP contribution in [0.2, 0.25) is 0 Å². The van der Waals surface area contributed by atoms with Crippen LogP contribution in [0.15, 0.2) is 41.4 Å². The van der Waals surface area contributed by atoms with Gasteiger partial charge < -0.3 is 24.4 Å². The standard InChI is InChI=1S/C22H30N4O6S/c1-25(2)19(16-5-7-18(30-3)8-6-16)15-24-21-20(13-17(14-23-21)22(27)31-4)33(28,29)26-9-11-32-12-10-26/h5-8,13-14,19H,9-12,15H2,1-4H3,(H,23,24). The molecule has 2 heterocycles. The second-order valence-electron chi connectivity index (χ2n) is 7.71. The van der Waals surface area contributed by atoms with Crippen molar-refractivity contribution in [2.45, 2.75) is 10.9 Å². The molecule has 3 rings (SSSR count). The zero-order chi connectivity index (χ0) is 24.0. The maximum absolute atomic E-state index is 13.4. The van der Waals surface area contributed by atoms with E-state index in [1.807, 2.05) is 43.3 Å². The number of sulfonamides is 1. The molecule has 11 heteroatoms. The van der Waals surface area contributed by atoms with E-state index in [1.54, 1.807) is 7.11 Å². The molecule has 1 aromatic heterocycles. The SMILES string of the molecule is COC(=O)c1cnc(NCC(c2ccc(OC)cc2)N(C)C)c(S(=O)(=O)N2CCOCC2)c1. The van der Waals surface area contributed by atoms with Gasteiger partial charge >= 0.3 is 5.97 Å². The van der Waals surface area contributed by atoms with Gasteiger partial charge in [0, 0.05) is 25.8 Å². The molecule has 33 heavy (non-hydrogen) atoms. The number of aromatic nitrogens is 1. The maximum atomic E-state index is 13.4. The molecular formula is C22H30N4O6S. The first-order chi connectivity index (χ1) is 15.8. The van der Waals surface area contributed by atoms with Crippen LogP contribution in [0.1, 0.15) is 22.0 Å². The fourth-order valence-electron chi connectivity index (χ4n) is 3.55. The van der Waals surface area contributed by atoms with Crippen molar-refractivity contribution < 1.29 is 27.4 Å². The van der Waals surface area contributed by atoms with Crippen molar-refractivity contribution >= 4 is 21.8 Å². The number of likely N-dealkylation sites (N-methyl/N-ethyl adjacent to an activating group) is 1. The number of methoxy groups -OCH3 is 2. The molecule has 1 atom stereocenters. The van der Waals surface area contributed by atoms with E-state index in [2.05, 4.69) is 10.3 Å². The van der Waals surface area contributed by atoms with E-state index in [-0.39, 0.29) is 35.4 Å². The van der Waals surface area contributed by atoms with Gasteiger partial charge in [-0.25, -0.2) is 18.2 Å². The molecule has 1 saturated heterocycles. The number of benzene rings is 1. The maximum Gasteiger partial charge on any atom is 0.339 e. The zero-order valence-corrected chi connectivity index (χ0v) is 20.1. The summed E-state index contributed by atoms with van der Waals surface area (Å²) in [5, 5.41) is 3.18. The van der Waals surface area contributed by atoms with E-state index in [1.165, 1.54) is 23.7 Å². The van der Waals surface area contributed by atoms with E-state index in [0.29, 0.717) is 19.8 Å². The second kappa shape index (κ2) is 10.9. The molecule has 0 aliphatic carbocycles. The summed E-state index contributed by atoms with van der Waals surface area (Å²) in [5.41, 5.74) is 1.09. The van der Waals surface area contributed by atoms with Crippen LogP contribution in [0.25, 0.3) is 0 Å². The lowest BCUT2D eigenvalue weighted by Gasteiger charge is -2.28. The first-order valence-corrected chi connectivity index (χ1v) is 11.9. The van der Waals surface area contributed by atoms with Crippen molar-refractivity contribution in [1.82, 2.24) is 14.2 Å². The Balaban J connectivity index is 1.92. The summed E-state index contributed by atoms with van der Waals surface area (Å²) in [6.45, 7) is 1.47. The molecular weight excluding hydrogens is 448 g/mol. The number of nitrogens with zero attached hydrogens (tertiary/aromatic N) is 3. The predicted molar refractivity (Wildman–Crippen MR) is 123 cm³/mol. The molecule has 1 unspecified atom stereocenters. The van der Waals surface area contributed by atoms with Gasteiger partial charge in [-0.3, -0.25) is 0 Å². The monoisotopic (exact) mass is 478 g/mol. The minimum Gasteiger partial charge on any atom is -0.497 e. The summed E-state index contributed by atoms with van der Waals surface area (Å²) in [6, 6.07) is 8.92. The third kappa shape index (κ3) is 5.80. The zero-order valence-electron chi connectivity index (χ0n) is 19.3. The van der Waals surface area contributed by atoms with Gasteiger partial charge in [0.2, 0.25) is 10.0 Å². The van der Waals surface area contributed by atoms with Crippen LogP contribution in [0.5, 0.6) is 5.75 Å². The Kier molecular flexibility index (Phi) is 8.25. The molecule has 0 radical (unpaired) electrons. The number of carbonyl (C=O) groups is 1. The van der Waals surface area contributed by atoms with Crippen LogP contribution in [-0.4, -0.2) is 89.7 Å². The Morgan fingerprint density at radius 2 is 1.88 bits per heavy atom. The van der Waals surface area contributed by atoms with Crippen LogP contribution >= 0.6 is 0 Å². The quantitative estimate of drug-likeness (QED) is 0.538. The molecule has 180 valence electrons. The van der Waals surface area contributed by atoms with Gasteiger partial charge in [-0.1, -0.05) is 12.1 Å². The minimum absolute atomic E-state index is 0.0641. The molecule has 0 bridgehead atoms. The van der Waals surface area contributed by atoms with Gasteiger partial charge in [-0.2, -0.15) is 4.31 Å². The Labute approximate surface area is 194 Å². The normalized spacial score (nSPS) is 15.8. The Bertz CT molecular complexity index is 1050. The van der Waals surface area contributed by atoms with Crippen LogP contribution < -0.4 is 10.1 Å². The van der Waals surface area contributed by atoms with E-state index < -0.39 is 16.0 Å². The Morgan fingerprint density at radius 1 is 1.21 bits per heavy atom. The summed E-state index contributed by atoms with van der Waals surface area (Å²) in [6.07, 6.45) is 1.31. The summed E-state index contributed by atoms with van der Waals surface area (Å²) in [5.74, 6) is 0.273. The average molecular weight is 479 g/mol. The van der Waals surface area contributed by atoms with Crippen molar-refractivity contribution in [3.63, 3.8) is 0 Å². The Hall–Kier alpha value is -2.73. The fourth-order valence-corrected chi connectivity index (χ4v) is 5.10. The van der Waals surface area contributed by atoms with Crippen molar-refractivity contribution in [2.75, 3.05) is 66.5 Å². The first-order valence-electron chi connectivity index (χ1n) is 10.5. The van der Waals surface area contributed by atoms with E-state index in [4.69, 9.17) is 14.2 Å². The lowest BCUT2D eigenvalue weighted by molar-refractivity contribution is 0.0600. The summed E-state index contributed by atoms with van der Waals surface area (Å²) >= 11 is 0. The van der Waals surface area contributed by atoms with Crippen molar-refractivity contribution in [1.29, 1.82) is 0 Å². The number of anilines is 1. The molecule has 10 nitrogen and oxygen atoms in total. The van der Waals surface area contributed by atoms with E-state index >= 15 is 0 Å². The lowest BCUT2D eigenvalue weighted by Crippen LogP contribution is -2.41. The highest BCUT2D eigenvalue weighted by Crippen LogP contribution is 2.27. The van der Waals surface area contributed by atoms with E-state index in [9.17, 15) is 13.2 Å². The largest absolute Gasteiger partial charge is 0.497 e. The number of morpholine rings is 1. The summed E-state index contributed by atoms with van der Waals surface area (Å²) in [4.78, 5) is 18.3. The van der Waals surface area contributed by atoms with Crippen LogP contribution in [0.4, 0.5) is 5.82 Å². The van der Waals surface area contributed by atoms with E-state index in [0.717, 1.165) is 11.3 Å². The van der Waals surface area contributed by atoms with Gasteiger partial charge in [0.1, 0.15) is 16.5 Å². The number of esters is 1. The average Bonchev–Trinajstić information content (AvgIpc) is 2.84. The summed E-state index contributed by atoms with van der Waals surface area (Å²) in [7, 11) is 2.82. The first kappa shape index (κ1) is 24.9. The number of ether oxygens (including phenoxy) is 3. The van der Waals surface area contributed by atoms with Gasteiger partial charge in [-0.15, -0.1) is 0 Å². The molecule has 0 spiro atoms. The van der Waals surface area contributed by atoms with Crippen molar-refractivity contribution in [2.24, 2.45) is 0 Å². The number of rotatable bonds is 9. The third-order valence-electron chi connectivity index (χ3n) is 5.45. The Morgan fingerprint density at radius 3 is 2.45 bits per heavy atom. The molecule has 0 amide bonds. The molecule has 1 aliphatic rings. The highest BCUT2D eigenvalue weighted by molar-refractivity contribution is 7.89. The number of nitrogens with one attached hydrogen (secondary N) is 1. The topological polar surface area (TPSA) is 110 Å². The predicted octanol–water partition coefficient (Wildman–Crippen LogP) is 1.61. The number of hydrogen-bond acceptors (Lipinski definition) is 9. The van der Waals surface area contributed by atoms with Gasteiger partial charge in [0.15, 0.2) is 0 Å². The van der Waals surface area contributed by atoms with Gasteiger partial charge in [-0.05, 0) is 37.9 Å². The van der Waals surface area contributed by atoms with Gasteiger partial charge in [0.25, 0.3) is 0 Å². The van der Waals surface area contributed by atoms with Crippen molar-refractivity contribution in [3.05, 3.63) is 47.7 Å². The molecule has 2 aromatic rings. The highest BCUT2D eigenvalue weighted by atomic mass is 32.2. The minimum atomic E-state index is -3.91. The van der Waals surface area contributed by atoms with Gasteiger partial charge in [0.05, 0.1) is 39.0 Å². The lowest BCUT2D eigenvalue weighted by atomic mass is 10.1. The van der Waals surface area contributed by atoms with Crippen molar-refractivity contribution in [3.8, 4) is 5.75 Å². The fraction of sp³-hybridized carbons (Fsp3) is 0.455. The van der Waals surface area contributed by atoms with Crippen LogP contribution in [0.3, 0.4) is 0 Å². The third-order valence-corrected chi connectivity index (χ3v) is 7.36. The molecule has 0 saturated carbocycles. The number of hydrogen-bond donors (Lipinski definition) is 1. The molecule has 1 N–H and O–H groups in total. The highest BCUT2D eigenvalue weighted by Gasteiger charge is 2.31. The van der Waals surface area contributed by atoms with Crippen LogP contribution in [-0.2, 0) is 19.5 Å². The van der Waals surface area contributed by atoms with Crippen LogP contribution in [0, 0.1) is 0 Å². The second-order valence-corrected chi connectivity index (χ2v) is 9.62. The smallest absolute Gasteiger partial charge is 0.339 e. The number of carbonyl (C=O) groups excluding carboxylic acids is 1. The molecule has 1 aliphatic heterocycles. The molecule has 1 fully saturated rings. The number of pyridine rings is 1. The molecule has 1 aromatic carbocycles.